The van der Waals surface area contributed by atoms with Crippen LogP contribution in [0.5, 0.6) is 11.5 Å². The predicted octanol–water partition coefficient (Wildman–Crippen LogP) is 5.05. The molecule has 0 unspecified atom stereocenters. The molecule has 10 heteroatoms. The fraction of sp³-hybridized carbons (Fsp3) is 0.125. The van der Waals surface area contributed by atoms with E-state index >= 15 is 0 Å². The highest BCUT2D eigenvalue weighted by atomic mass is 35.5. The van der Waals surface area contributed by atoms with Crippen LogP contribution in [0.1, 0.15) is 15.9 Å². The van der Waals surface area contributed by atoms with Gasteiger partial charge in [-0.3, -0.25) is 9.59 Å². The largest absolute Gasteiger partial charge is 0.495 e. The molecule has 176 valence electrons. The molecular weight excluding hydrogens is 478 g/mol. The van der Waals surface area contributed by atoms with Gasteiger partial charge in [0.2, 0.25) is 0 Å². The highest BCUT2D eigenvalue weighted by Crippen LogP contribution is 2.36. The summed E-state index contributed by atoms with van der Waals surface area (Å²) in [5, 5.41) is 18.5. The summed E-state index contributed by atoms with van der Waals surface area (Å²) >= 11 is 11.6. The molecule has 3 aromatic carbocycles. The second-order valence-electron chi connectivity index (χ2n) is 7.07. The monoisotopic (exact) mass is 499 g/mol. The fourth-order valence-electron chi connectivity index (χ4n) is 3.08. The van der Waals surface area contributed by atoms with E-state index in [2.05, 4.69) is 16.0 Å². The molecule has 0 saturated carbocycles. The van der Waals surface area contributed by atoms with Crippen LogP contribution < -0.4 is 25.4 Å². The van der Waals surface area contributed by atoms with Gasteiger partial charge in [-0.2, -0.15) is 0 Å². The van der Waals surface area contributed by atoms with E-state index in [0.29, 0.717) is 49.8 Å². The van der Waals surface area contributed by atoms with Crippen LogP contribution in [-0.4, -0.2) is 36.3 Å². The average molecular weight is 500 g/mol. The maximum Gasteiger partial charge on any atom is 0.307 e. The van der Waals surface area contributed by atoms with Gasteiger partial charge in [-0.25, -0.2) is 0 Å². The summed E-state index contributed by atoms with van der Waals surface area (Å²) in [6, 6.07) is 16.7. The number of carbonyl (C=O) groups excluding carboxylic acids is 1. The van der Waals surface area contributed by atoms with Crippen molar-refractivity contribution in [3.63, 3.8) is 0 Å². The molecule has 0 aliphatic carbocycles. The Labute approximate surface area is 206 Å². The number of carboxylic acid groups (broad SMARTS) is 1. The number of halogens is 1. The Morgan fingerprint density at radius 3 is 2.18 bits per heavy atom. The number of nitrogens with one attached hydrogen (secondary N) is 3. The molecule has 0 heterocycles. The van der Waals surface area contributed by atoms with Gasteiger partial charge in [-0.1, -0.05) is 23.7 Å². The third-order valence-electron chi connectivity index (χ3n) is 4.67. The van der Waals surface area contributed by atoms with E-state index in [1.807, 2.05) is 0 Å². The Kier molecular flexibility index (Phi) is 8.29. The van der Waals surface area contributed by atoms with Crippen molar-refractivity contribution in [1.29, 1.82) is 0 Å². The van der Waals surface area contributed by atoms with Gasteiger partial charge in [0.25, 0.3) is 5.91 Å². The minimum atomic E-state index is -0.957. The number of thiocarbonyl (C=S) groups is 1. The molecule has 0 radical (unpaired) electrons. The normalized spacial score (nSPS) is 10.2. The van der Waals surface area contributed by atoms with Gasteiger partial charge in [0.15, 0.2) is 5.11 Å². The standard InChI is InChI=1S/C24H22ClN3O5S/c1-32-20-13-21(33-2)19(12-18(20)25)28-24(34)27-17-8-6-16(7-9-17)26-23(31)15-5-3-4-14(10-15)11-22(29)30/h3-10,12-13H,11H2,1-2H3,(H,26,31)(H,29,30)(H2,27,28,34). The average Bonchev–Trinajstić information content (AvgIpc) is 2.80. The first-order chi connectivity index (χ1) is 16.3. The van der Waals surface area contributed by atoms with E-state index in [4.69, 9.17) is 38.4 Å². The second-order valence-corrected chi connectivity index (χ2v) is 7.88. The number of amides is 1. The zero-order chi connectivity index (χ0) is 24.7. The zero-order valence-electron chi connectivity index (χ0n) is 18.3. The number of hydrogen-bond acceptors (Lipinski definition) is 5. The Hall–Kier alpha value is -3.82. The Morgan fingerprint density at radius 1 is 0.912 bits per heavy atom. The highest BCUT2D eigenvalue weighted by molar-refractivity contribution is 7.80. The molecule has 0 aromatic heterocycles. The lowest BCUT2D eigenvalue weighted by atomic mass is 10.1. The number of hydrogen-bond donors (Lipinski definition) is 4. The summed E-state index contributed by atoms with van der Waals surface area (Å²) in [5.41, 5.74) is 2.76. The highest BCUT2D eigenvalue weighted by Gasteiger charge is 2.12. The van der Waals surface area contributed by atoms with E-state index < -0.39 is 5.97 Å². The molecule has 0 saturated heterocycles. The van der Waals surface area contributed by atoms with Gasteiger partial charge in [0, 0.05) is 23.0 Å². The molecule has 0 fully saturated rings. The Bertz CT molecular complexity index is 1220. The van der Waals surface area contributed by atoms with E-state index in [1.54, 1.807) is 60.7 Å². The first kappa shape index (κ1) is 24.8. The van der Waals surface area contributed by atoms with E-state index in [1.165, 1.54) is 14.2 Å². The number of rotatable bonds is 8. The number of methoxy groups -OCH3 is 2. The number of anilines is 3. The number of ether oxygens (including phenoxy) is 2. The van der Waals surface area contributed by atoms with Crippen molar-refractivity contribution >= 4 is 57.9 Å². The van der Waals surface area contributed by atoms with Crippen LogP contribution >= 0.6 is 23.8 Å². The molecule has 3 aromatic rings. The van der Waals surface area contributed by atoms with Crippen molar-refractivity contribution in [3.05, 3.63) is 76.8 Å². The molecule has 0 atom stereocenters. The minimum Gasteiger partial charge on any atom is -0.495 e. The summed E-state index contributed by atoms with van der Waals surface area (Å²) in [6.45, 7) is 0. The van der Waals surface area contributed by atoms with Crippen LogP contribution in [0.25, 0.3) is 0 Å². The summed E-state index contributed by atoms with van der Waals surface area (Å²) in [6.07, 6.45) is -0.149. The summed E-state index contributed by atoms with van der Waals surface area (Å²) < 4.78 is 10.5. The van der Waals surface area contributed by atoms with Gasteiger partial charge in [-0.15, -0.1) is 0 Å². The van der Waals surface area contributed by atoms with E-state index in [-0.39, 0.29) is 12.3 Å². The number of carbonyl (C=O) groups is 2. The first-order valence-corrected chi connectivity index (χ1v) is 10.8. The molecule has 1 amide bonds. The molecule has 0 aliphatic rings. The Balaban J connectivity index is 1.62. The molecule has 0 bridgehead atoms. The molecular formula is C24H22ClN3O5S. The summed E-state index contributed by atoms with van der Waals surface area (Å²) in [5.74, 6) is -0.305. The smallest absolute Gasteiger partial charge is 0.307 e. The fourth-order valence-corrected chi connectivity index (χ4v) is 3.55. The van der Waals surface area contributed by atoms with Crippen molar-refractivity contribution in [3.8, 4) is 11.5 Å². The van der Waals surface area contributed by atoms with Crippen LogP contribution in [0.4, 0.5) is 17.1 Å². The van der Waals surface area contributed by atoms with E-state index in [9.17, 15) is 9.59 Å². The third kappa shape index (κ3) is 6.60. The third-order valence-corrected chi connectivity index (χ3v) is 5.17. The van der Waals surface area contributed by atoms with Gasteiger partial charge in [-0.05, 0) is 60.2 Å². The van der Waals surface area contributed by atoms with Crippen molar-refractivity contribution in [2.24, 2.45) is 0 Å². The molecule has 8 nitrogen and oxygen atoms in total. The first-order valence-electron chi connectivity index (χ1n) is 10.0. The van der Waals surface area contributed by atoms with Crippen molar-refractivity contribution in [2.45, 2.75) is 6.42 Å². The molecule has 4 N–H and O–H groups in total. The lowest BCUT2D eigenvalue weighted by Gasteiger charge is -2.15. The van der Waals surface area contributed by atoms with Crippen LogP contribution in [0.2, 0.25) is 5.02 Å². The van der Waals surface area contributed by atoms with Gasteiger partial charge >= 0.3 is 5.97 Å². The van der Waals surface area contributed by atoms with Gasteiger partial charge in [0.1, 0.15) is 11.5 Å². The zero-order valence-corrected chi connectivity index (χ0v) is 19.9. The maximum absolute atomic E-state index is 12.5. The molecule has 3 rings (SSSR count). The predicted molar refractivity (Wildman–Crippen MR) is 137 cm³/mol. The molecule has 34 heavy (non-hydrogen) atoms. The summed E-state index contributed by atoms with van der Waals surface area (Å²) in [7, 11) is 3.04. The quantitative estimate of drug-likeness (QED) is 0.319. The summed E-state index contributed by atoms with van der Waals surface area (Å²) in [4.78, 5) is 23.4. The van der Waals surface area contributed by atoms with Crippen LogP contribution in [0.15, 0.2) is 60.7 Å². The minimum absolute atomic E-state index is 0.149. The van der Waals surface area contributed by atoms with Crippen molar-refractivity contribution in [2.75, 3.05) is 30.2 Å². The Morgan fingerprint density at radius 2 is 1.56 bits per heavy atom. The lowest BCUT2D eigenvalue weighted by Crippen LogP contribution is -2.19. The number of carboxylic acids is 1. The lowest BCUT2D eigenvalue weighted by molar-refractivity contribution is -0.136. The molecule has 0 aliphatic heterocycles. The number of benzene rings is 3. The number of aliphatic carboxylic acids is 1. The van der Waals surface area contributed by atoms with Crippen LogP contribution in [0.3, 0.4) is 0 Å². The van der Waals surface area contributed by atoms with Crippen molar-refractivity contribution in [1.82, 2.24) is 0 Å². The van der Waals surface area contributed by atoms with Gasteiger partial charge in [0.05, 0.1) is 31.4 Å². The topological polar surface area (TPSA) is 109 Å². The van der Waals surface area contributed by atoms with E-state index in [0.717, 1.165) is 0 Å². The van der Waals surface area contributed by atoms with Crippen LogP contribution in [0, 0.1) is 0 Å². The van der Waals surface area contributed by atoms with Crippen molar-refractivity contribution < 1.29 is 24.2 Å². The van der Waals surface area contributed by atoms with Gasteiger partial charge < -0.3 is 30.5 Å². The SMILES string of the molecule is COc1cc(OC)c(NC(=S)Nc2ccc(NC(=O)c3cccc(CC(=O)O)c3)cc2)cc1Cl. The molecule has 0 spiro atoms. The second kappa shape index (κ2) is 11.4. The maximum atomic E-state index is 12.5. The van der Waals surface area contributed by atoms with Crippen LogP contribution in [-0.2, 0) is 11.2 Å².